The van der Waals surface area contributed by atoms with Crippen molar-refractivity contribution >= 4 is 38.9 Å². The van der Waals surface area contributed by atoms with Crippen molar-refractivity contribution in [2.75, 3.05) is 10.0 Å². The second-order valence-electron chi connectivity index (χ2n) is 6.09. The predicted molar refractivity (Wildman–Crippen MR) is 108 cm³/mol. The van der Waals surface area contributed by atoms with Crippen LogP contribution in [-0.2, 0) is 10.0 Å². The maximum absolute atomic E-state index is 13.2. The van der Waals surface area contributed by atoms with Crippen LogP contribution in [0.2, 0.25) is 5.02 Å². The lowest BCUT2D eigenvalue weighted by Gasteiger charge is -2.10. The Hall–Kier alpha value is -2.90. The first-order chi connectivity index (χ1) is 13.2. The lowest BCUT2D eigenvalue weighted by atomic mass is 10.2. The fourth-order valence-electron chi connectivity index (χ4n) is 2.50. The van der Waals surface area contributed by atoms with Crippen LogP contribution in [-0.4, -0.2) is 14.3 Å². The molecule has 0 unspecified atom stereocenters. The lowest BCUT2D eigenvalue weighted by molar-refractivity contribution is 0.102. The van der Waals surface area contributed by atoms with Crippen LogP contribution in [0.5, 0.6) is 0 Å². The van der Waals surface area contributed by atoms with Gasteiger partial charge in [-0.15, -0.1) is 0 Å². The highest BCUT2D eigenvalue weighted by Gasteiger charge is 2.17. The molecule has 0 aliphatic heterocycles. The fourth-order valence-corrected chi connectivity index (χ4v) is 3.78. The van der Waals surface area contributed by atoms with Crippen LogP contribution >= 0.6 is 11.6 Å². The van der Waals surface area contributed by atoms with Gasteiger partial charge in [-0.3, -0.25) is 9.52 Å². The summed E-state index contributed by atoms with van der Waals surface area (Å²) in [6.07, 6.45) is 0. The minimum atomic E-state index is -3.87. The Morgan fingerprint density at radius 2 is 1.71 bits per heavy atom. The van der Waals surface area contributed by atoms with Crippen LogP contribution in [0.1, 0.15) is 15.9 Å². The highest BCUT2D eigenvalue weighted by molar-refractivity contribution is 7.92. The summed E-state index contributed by atoms with van der Waals surface area (Å²) < 4.78 is 41.0. The maximum atomic E-state index is 13.2. The van der Waals surface area contributed by atoms with E-state index in [2.05, 4.69) is 10.0 Å². The van der Waals surface area contributed by atoms with Gasteiger partial charge >= 0.3 is 0 Å². The van der Waals surface area contributed by atoms with Crippen molar-refractivity contribution in [1.29, 1.82) is 0 Å². The standard InChI is InChI=1S/C20H16ClFN2O3S/c1-13-4-2-6-16(10-13)24-28(26,27)17-7-3-5-14(11-17)20(25)23-15-8-9-19(22)18(21)12-15/h2-12,24H,1H3,(H,23,25). The first kappa shape index (κ1) is 19.9. The van der Waals surface area contributed by atoms with Gasteiger partial charge in [0, 0.05) is 16.9 Å². The van der Waals surface area contributed by atoms with Gasteiger partial charge in [0.1, 0.15) is 5.82 Å². The third-order valence-corrected chi connectivity index (χ3v) is 5.52. The highest BCUT2D eigenvalue weighted by Crippen LogP contribution is 2.21. The van der Waals surface area contributed by atoms with Crippen LogP contribution in [0, 0.1) is 12.7 Å². The van der Waals surface area contributed by atoms with Crippen LogP contribution in [0.25, 0.3) is 0 Å². The van der Waals surface area contributed by atoms with Crippen molar-refractivity contribution in [2.45, 2.75) is 11.8 Å². The molecule has 0 saturated carbocycles. The van der Waals surface area contributed by atoms with Crippen LogP contribution in [0.3, 0.4) is 0 Å². The molecule has 0 aliphatic rings. The molecule has 0 heterocycles. The number of benzene rings is 3. The number of sulfonamides is 1. The molecule has 28 heavy (non-hydrogen) atoms. The minimum Gasteiger partial charge on any atom is -0.322 e. The number of halogens is 2. The molecule has 3 rings (SSSR count). The van der Waals surface area contributed by atoms with Crippen molar-refractivity contribution < 1.29 is 17.6 Å². The summed E-state index contributed by atoms with van der Waals surface area (Å²) >= 11 is 5.70. The molecule has 0 aromatic heterocycles. The van der Waals surface area contributed by atoms with E-state index in [9.17, 15) is 17.6 Å². The second kappa shape index (κ2) is 8.00. The Balaban J connectivity index is 1.82. The van der Waals surface area contributed by atoms with Crippen LogP contribution in [0.15, 0.2) is 71.6 Å². The number of hydrogen-bond acceptors (Lipinski definition) is 3. The number of carbonyl (C=O) groups is 1. The molecule has 1 amide bonds. The summed E-state index contributed by atoms with van der Waals surface area (Å²) in [6, 6.07) is 16.3. The third kappa shape index (κ3) is 4.68. The Kier molecular flexibility index (Phi) is 5.67. The summed E-state index contributed by atoms with van der Waals surface area (Å²) in [5.41, 5.74) is 1.76. The molecular formula is C20H16ClFN2O3S. The largest absolute Gasteiger partial charge is 0.322 e. The van der Waals surface area contributed by atoms with E-state index in [-0.39, 0.29) is 15.5 Å². The van der Waals surface area contributed by atoms with E-state index in [0.717, 1.165) is 11.6 Å². The molecule has 0 radical (unpaired) electrons. The number of carbonyl (C=O) groups excluding carboxylic acids is 1. The molecule has 0 fully saturated rings. The van der Waals surface area contributed by atoms with Crippen molar-refractivity contribution in [3.8, 4) is 0 Å². The molecule has 0 aliphatic carbocycles. The highest BCUT2D eigenvalue weighted by atomic mass is 35.5. The smallest absolute Gasteiger partial charge is 0.261 e. The van der Waals surface area contributed by atoms with Crippen LogP contribution in [0.4, 0.5) is 15.8 Å². The zero-order chi connectivity index (χ0) is 20.3. The molecule has 3 aromatic carbocycles. The number of rotatable bonds is 5. The Morgan fingerprint density at radius 3 is 2.43 bits per heavy atom. The predicted octanol–water partition coefficient (Wildman–Crippen LogP) is 4.84. The number of aryl methyl sites for hydroxylation is 1. The third-order valence-electron chi connectivity index (χ3n) is 3.85. The monoisotopic (exact) mass is 418 g/mol. The van der Waals surface area contributed by atoms with Crippen molar-refractivity contribution in [3.63, 3.8) is 0 Å². The molecular weight excluding hydrogens is 403 g/mol. The van der Waals surface area contributed by atoms with E-state index in [4.69, 9.17) is 11.6 Å². The maximum Gasteiger partial charge on any atom is 0.261 e. The van der Waals surface area contributed by atoms with Gasteiger partial charge in [-0.1, -0.05) is 29.8 Å². The second-order valence-corrected chi connectivity index (χ2v) is 8.18. The fraction of sp³-hybridized carbons (Fsp3) is 0.0500. The first-order valence-electron chi connectivity index (χ1n) is 8.20. The average molecular weight is 419 g/mol. The van der Waals surface area contributed by atoms with Gasteiger partial charge < -0.3 is 5.32 Å². The van der Waals surface area contributed by atoms with E-state index in [1.165, 1.54) is 36.4 Å². The van der Waals surface area contributed by atoms with Crippen molar-refractivity contribution in [3.05, 3.63) is 88.7 Å². The molecule has 0 saturated heterocycles. The van der Waals surface area contributed by atoms with E-state index in [1.807, 2.05) is 13.0 Å². The van der Waals surface area contributed by atoms with E-state index >= 15 is 0 Å². The summed E-state index contributed by atoms with van der Waals surface area (Å²) in [6.45, 7) is 1.85. The number of anilines is 2. The normalized spacial score (nSPS) is 11.1. The first-order valence-corrected chi connectivity index (χ1v) is 10.1. The topological polar surface area (TPSA) is 75.3 Å². The summed E-state index contributed by atoms with van der Waals surface area (Å²) in [4.78, 5) is 12.4. The van der Waals surface area contributed by atoms with Gasteiger partial charge in [-0.05, 0) is 61.0 Å². The van der Waals surface area contributed by atoms with Gasteiger partial charge in [0.2, 0.25) is 0 Å². The van der Waals surface area contributed by atoms with Gasteiger partial charge in [-0.2, -0.15) is 0 Å². The van der Waals surface area contributed by atoms with E-state index in [0.29, 0.717) is 11.4 Å². The number of hydrogen-bond donors (Lipinski definition) is 2. The van der Waals surface area contributed by atoms with Crippen molar-refractivity contribution in [2.24, 2.45) is 0 Å². The summed E-state index contributed by atoms with van der Waals surface area (Å²) in [5, 5.41) is 2.43. The quantitative estimate of drug-likeness (QED) is 0.622. The molecule has 3 aromatic rings. The molecule has 0 bridgehead atoms. The Labute approximate surface area is 167 Å². The van der Waals surface area contributed by atoms with Crippen molar-refractivity contribution in [1.82, 2.24) is 0 Å². The van der Waals surface area contributed by atoms with Crippen LogP contribution < -0.4 is 10.0 Å². The lowest BCUT2D eigenvalue weighted by Crippen LogP contribution is -2.16. The molecule has 144 valence electrons. The zero-order valence-corrected chi connectivity index (χ0v) is 16.3. The molecule has 0 atom stereocenters. The zero-order valence-electron chi connectivity index (χ0n) is 14.7. The summed E-state index contributed by atoms with van der Waals surface area (Å²) in [5.74, 6) is -1.15. The number of amides is 1. The Morgan fingerprint density at radius 1 is 0.964 bits per heavy atom. The van der Waals surface area contributed by atoms with Gasteiger partial charge in [0.15, 0.2) is 0 Å². The van der Waals surface area contributed by atoms with Gasteiger partial charge in [0.25, 0.3) is 15.9 Å². The molecule has 8 heteroatoms. The molecule has 2 N–H and O–H groups in total. The van der Waals surface area contributed by atoms with E-state index in [1.54, 1.807) is 18.2 Å². The van der Waals surface area contributed by atoms with Gasteiger partial charge in [-0.25, -0.2) is 12.8 Å². The molecule has 0 spiro atoms. The minimum absolute atomic E-state index is 0.0567. The average Bonchev–Trinajstić information content (AvgIpc) is 2.64. The number of nitrogens with one attached hydrogen (secondary N) is 2. The van der Waals surface area contributed by atoms with E-state index < -0.39 is 21.7 Å². The SMILES string of the molecule is Cc1cccc(NS(=O)(=O)c2cccc(C(=O)Nc3ccc(F)c(Cl)c3)c2)c1. The summed E-state index contributed by atoms with van der Waals surface area (Å²) in [7, 11) is -3.87. The van der Waals surface area contributed by atoms with Gasteiger partial charge in [0.05, 0.1) is 9.92 Å². The molecule has 5 nitrogen and oxygen atoms in total. The Bertz CT molecular complexity index is 1150.